The molecule has 1 heterocycles. The summed E-state index contributed by atoms with van der Waals surface area (Å²) in [6, 6.07) is 0.460. The molecule has 23 heavy (non-hydrogen) atoms. The van der Waals surface area contributed by atoms with Crippen LogP contribution in [0.25, 0.3) is 0 Å². The zero-order valence-corrected chi connectivity index (χ0v) is 13.5. The number of imidazole rings is 1. The zero-order chi connectivity index (χ0) is 16.5. The maximum Gasteiger partial charge on any atom is 0.221 e. The average molecular weight is 321 g/mol. The lowest BCUT2D eigenvalue weighted by molar-refractivity contribution is -0.123. The fraction of sp³-hybridized carbons (Fsp3) is 0.688. The number of amides is 2. The SMILES string of the molecule is NCCC(=O)N[C@H]1CC[C@H](NC(=O)CCCn2ccnc2)CC1. The summed E-state index contributed by atoms with van der Waals surface area (Å²) in [5, 5.41) is 6.10. The molecule has 0 bridgehead atoms. The van der Waals surface area contributed by atoms with Crippen molar-refractivity contribution in [3.8, 4) is 0 Å². The van der Waals surface area contributed by atoms with Crippen LogP contribution in [0, 0.1) is 0 Å². The molecule has 2 rings (SSSR count). The molecule has 2 amide bonds. The first-order chi connectivity index (χ1) is 11.2. The van der Waals surface area contributed by atoms with Gasteiger partial charge in [0.25, 0.3) is 0 Å². The largest absolute Gasteiger partial charge is 0.353 e. The van der Waals surface area contributed by atoms with Crippen LogP contribution in [0.1, 0.15) is 44.9 Å². The van der Waals surface area contributed by atoms with E-state index in [1.165, 1.54) is 0 Å². The van der Waals surface area contributed by atoms with Gasteiger partial charge in [0.2, 0.25) is 11.8 Å². The number of hydrogen-bond acceptors (Lipinski definition) is 4. The Balaban J connectivity index is 1.58. The Morgan fingerprint density at radius 2 is 1.70 bits per heavy atom. The van der Waals surface area contributed by atoms with Gasteiger partial charge in [-0.15, -0.1) is 0 Å². The Morgan fingerprint density at radius 1 is 1.09 bits per heavy atom. The summed E-state index contributed by atoms with van der Waals surface area (Å²) in [5.41, 5.74) is 5.37. The summed E-state index contributed by atoms with van der Waals surface area (Å²) < 4.78 is 1.97. The summed E-state index contributed by atoms with van der Waals surface area (Å²) >= 11 is 0. The van der Waals surface area contributed by atoms with Crippen LogP contribution in [0.5, 0.6) is 0 Å². The van der Waals surface area contributed by atoms with Crippen molar-refractivity contribution >= 4 is 11.8 Å². The second-order valence-electron chi connectivity index (χ2n) is 6.13. The van der Waals surface area contributed by atoms with Gasteiger partial charge in [-0.05, 0) is 32.1 Å². The first-order valence-corrected chi connectivity index (χ1v) is 8.42. The molecule has 1 aromatic heterocycles. The summed E-state index contributed by atoms with van der Waals surface area (Å²) in [6.07, 6.45) is 10.8. The molecule has 0 unspecified atom stereocenters. The van der Waals surface area contributed by atoms with Gasteiger partial charge in [-0.2, -0.15) is 0 Å². The predicted octanol–water partition coefficient (Wildman–Crippen LogP) is 0.556. The van der Waals surface area contributed by atoms with E-state index in [4.69, 9.17) is 5.73 Å². The lowest BCUT2D eigenvalue weighted by Gasteiger charge is -2.29. The standard InChI is InChI=1S/C16H27N5O2/c17-8-7-16(23)20-14-5-3-13(4-6-14)19-15(22)2-1-10-21-11-9-18-12-21/h9,11-14H,1-8,10,17H2,(H,19,22)(H,20,23)/t13-,14-. The Bertz CT molecular complexity index is 481. The van der Waals surface area contributed by atoms with Crippen LogP contribution in [0.4, 0.5) is 0 Å². The minimum absolute atomic E-state index is 0.0273. The number of nitrogens with zero attached hydrogens (tertiary/aromatic N) is 2. The topological polar surface area (TPSA) is 102 Å². The van der Waals surface area contributed by atoms with E-state index in [0.29, 0.717) is 19.4 Å². The van der Waals surface area contributed by atoms with Crippen molar-refractivity contribution in [3.63, 3.8) is 0 Å². The molecular formula is C16H27N5O2. The van der Waals surface area contributed by atoms with E-state index < -0.39 is 0 Å². The summed E-state index contributed by atoms with van der Waals surface area (Å²) in [7, 11) is 0. The number of carbonyl (C=O) groups excluding carboxylic acids is 2. The third-order valence-electron chi connectivity index (χ3n) is 4.21. The van der Waals surface area contributed by atoms with Crippen LogP contribution in [0.3, 0.4) is 0 Å². The number of carbonyl (C=O) groups is 2. The normalized spacial score (nSPS) is 20.9. The van der Waals surface area contributed by atoms with Gasteiger partial charge in [0.05, 0.1) is 6.33 Å². The highest BCUT2D eigenvalue weighted by Gasteiger charge is 2.23. The maximum atomic E-state index is 12.0. The van der Waals surface area contributed by atoms with Crippen molar-refractivity contribution in [2.24, 2.45) is 5.73 Å². The van der Waals surface area contributed by atoms with Gasteiger partial charge in [0, 0.05) is 50.4 Å². The molecule has 7 heteroatoms. The average Bonchev–Trinajstić information content (AvgIpc) is 3.03. The number of nitrogens with two attached hydrogens (primary N) is 1. The summed E-state index contributed by atoms with van der Waals surface area (Å²) in [5.74, 6) is 0.139. The quantitative estimate of drug-likeness (QED) is 0.651. The first kappa shape index (κ1) is 17.5. The molecule has 0 spiro atoms. The fourth-order valence-electron chi connectivity index (χ4n) is 2.95. The molecule has 7 nitrogen and oxygen atoms in total. The van der Waals surface area contributed by atoms with Crippen LogP contribution < -0.4 is 16.4 Å². The fourth-order valence-corrected chi connectivity index (χ4v) is 2.95. The van der Waals surface area contributed by atoms with Crippen molar-refractivity contribution in [2.45, 2.75) is 63.6 Å². The van der Waals surface area contributed by atoms with Gasteiger partial charge in [-0.25, -0.2) is 4.98 Å². The van der Waals surface area contributed by atoms with E-state index in [2.05, 4.69) is 15.6 Å². The lowest BCUT2D eigenvalue weighted by Crippen LogP contribution is -2.44. The Hall–Kier alpha value is -1.89. The smallest absolute Gasteiger partial charge is 0.221 e. The van der Waals surface area contributed by atoms with Crippen LogP contribution in [0.15, 0.2) is 18.7 Å². The molecule has 1 saturated carbocycles. The van der Waals surface area contributed by atoms with Gasteiger partial charge < -0.3 is 20.9 Å². The summed E-state index contributed by atoms with van der Waals surface area (Å²) in [6.45, 7) is 1.20. The number of rotatable bonds is 8. The number of hydrogen-bond donors (Lipinski definition) is 3. The molecule has 128 valence electrons. The zero-order valence-electron chi connectivity index (χ0n) is 13.5. The van der Waals surface area contributed by atoms with Gasteiger partial charge >= 0.3 is 0 Å². The monoisotopic (exact) mass is 321 g/mol. The van der Waals surface area contributed by atoms with Crippen LogP contribution in [0.2, 0.25) is 0 Å². The second-order valence-corrected chi connectivity index (χ2v) is 6.13. The molecule has 0 aliphatic heterocycles. The Labute approximate surface area is 137 Å². The molecule has 0 aromatic carbocycles. The summed E-state index contributed by atoms with van der Waals surface area (Å²) in [4.78, 5) is 27.5. The number of aromatic nitrogens is 2. The predicted molar refractivity (Wildman–Crippen MR) is 87.5 cm³/mol. The first-order valence-electron chi connectivity index (χ1n) is 8.42. The van der Waals surface area contributed by atoms with E-state index in [9.17, 15) is 9.59 Å². The van der Waals surface area contributed by atoms with Crippen molar-refractivity contribution in [1.29, 1.82) is 0 Å². The van der Waals surface area contributed by atoms with E-state index in [0.717, 1.165) is 38.6 Å². The molecule has 0 atom stereocenters. The van der Waals surface area contributed by atoms with E-state index in [1.807, 2.05) is 10.8 Å². The van der Waals surface area contributed by atoms with Crippen molar-refractivity contribution < 1.29 is 9.59 Å². The molecule has 0 radical (unpaired) electrons. The molecule has 1 aromatic rings. The van der Waals surface area contributed by atoms with Crippen molar-refractivity contribution in [1.82, 2.24) is 20.2 Å². The van der Waals surface area contributed by atoms with Crippen molar-refractivity contribution in [3.05, 3.63) is 18.7 Å². The molecule has 1 aliphatic carbocycles. The Kier molecular flexibility index (Phi) is 7.06. The highest BCUT2D eigenvalue weighted by Crippen LogP contribution is 2.19. The third kappa shape index (κ3) is 6.40. The van der Waals surface area contributed by atoms with Gasteiger partial charge in [-0.3, -0.25) is 9.59 Å². The Morgan fingerprint density at radius 3 is 2.22 bits per heavy atom. The number of nitrogens with one attached hydrogen (secondary N) is 2. The van der Waals surface area contributed by atoms with Gasteiger partial charge in [0.1, 0.15) is 0 Å². The molecule has 1 fully saturated rings. The second kappa shape index (κ2) is 9.29. The lowest BCUT2D eigenvalue weighted by atomic mass is 9.91. The minimum Gasteiger partial charge on any atom is -0.353 e. The maximum absolute atomic E-state index is 12.0. The van der Waals surface area contributed by atoms with E-state index in [-0.39, 0.29) is 23.9 Å². The minimum atomic E-state index is 0.0273. The molecule has 4 N–H and O–H groups in total. The third-order valence-corrected chi connectivity index (χ3v) is 4.21. The van der Waals surface area contributed by atoms with E-state index in [1.54, 1.807) is 12.5 Å². The van der Waals surface area contributed by atoms with Crippen molar-refractivity contribution in [2.75, 3.05) is 6.54 Å². The molecule has 1 aliphatic rings. The highest BCUT2D eigenvalue weighted by atomic mass is 16.2. The molecule has 0 saturated heterocycles. The van der Waals surface area contributed by atoms with E-state index >= 15 is 0 Å². The highest BCUT2D eigenvalue weighted by molar-refractivity contribution is 5.76. The van der Waals surface area contributed by atoms with Gasteiger partial charge in [-0.1, -0.05) is 0 Å². The number of aryl methyl sites for hydroxylation is 1. The molecular weight excluding hydrogens is 294 g/mol. The van der Waals surface area contributed by atoms with Crippen LogP contribution in [-0.4, -0.2) is 40.0 Å². The van der Waals surface area contributed by atoms with Crippen LogP contribution >= 0.6 is 0 Å². The van der Waals surface area contributed by atoms with Gasteiger partial charge in [0.15, 0.2) is 0 Å². The van der Waals surface area contributed by atoms with Crippen LogP contribution in [-0.2, 0) is 16.1 Å².